The van der Waals surface area contributed by atoms with Crippen molar-refractivity contribution in [1.29, 1.82) is 0 Å². The Morgan fingerprint density at radius 1 is 1.29 bits per heavy atom. The molecule has 0 unspecified atom stereocenters. The highest BCUT2D eigenvalue weighted by Gasteiger charge is 2.37. The van der Waals surface area contributed by atoms with Gasteiger partial charge in [0.05, 0.1) is 11.3 Å². The fourth-order valence-electron chi connectivity index (χ4n) is 1.53. The molecular formula is C12H13F4N. The zero-order valence-corrected chi connectivity index (χ0v) is 9.37. The summed E-state index contributed by atoms with van der Waals surface area (Å²) in [4.78, 5) is 0. The molecule has 0 spiro atoms. The first-order valence-electron chi connectivity index (χ1n) is 5.41. The minimum absolute atomic E-state index is 0.131. The molecule has 1 saturated carbocycles. The lowest BCUT2D eigenvalue weighted by atomic mass is 10.1. The van der Waals surface area contributed by atoms with Gasteiger partial charge in [0.25, 0.3) is 0 Å². The minimum atomic E-state index is -4.50. The third kappa shape index (κ3) is 2.90. The highest BCUT2D eigenvalue weighted by Crippen LogP contribution is 2.44. The highest BCUT2D eigenvalue weighted by molar-refractivity contribution is 5.47. The summed E-state index contributed by atoms with van der Waals surface area (Å²) in [7, 11) is 0. The lowest BCUT2D eigenvalue weighted by Gasteiger charge is -2.13. The van der Waals surface area contributed by atoms with Crippen molar-refractivity contribution in [1.82, 2.24) is 0 Å². The fraction of sp³-hybridized carbons (Fsp3) is 0.500. The van der Waals surface area contributed by atoms with Crippen LogP contribution in [0.4, 0.5) is 23.2 Å². The molecule has 94 valence electrons. The van der Waals surface area contributed by atoms with Gasteiger partial charge in [-0.15, -0.1) is 0 Å². The maximum absolute atomic E-state index is 13.4. The van der Waals surface area contributed by atoms with Gasteiger partial charge in [0.1, 0.15) is 5.82 Å². The number of alkyl halides is 3. The smallest absolute Gasteiger partial charge is 0.382 e. The van der Waals surface area contributed by atoms with Crippen LogP contribution < -0.4 is 5.32 Å². The Balaban J connectivity index is 2.09. The first-order chi connectivity index (χ1) is 7.80. The van der Waals surface area contributed by atoms with Crippen molar-refractivity contribution in [3.63, 3.8) is 0 Å². The molecule has 1 aliphatic rings. The Morgan fingerprint density at radius 3 is 2.41 bits per heavy atom. The summed E-state index contributed by atoms with van der Waals surface area (Å²) in [6, 6.07) is 2.56. The van der Waals surface area contributed by atoms with Gasteiger partial charge in [-0.2, -0.15) is 13.2 Å². The summed E-state index contributed by atoms with van der Waals surface area (Å²) < 4.78 is 50.3. The molecule has 0 saturated heterocycles. The van der Waals surface area contributed by atoms with Crippen LogP contribution in [0.2, 0.25) is 0 Å². The minimum Gasteiger partial charge on any atom is -0.382 e. The van der Waals surface area contributed by atoms with Gasteiger partial charge < -0.3 is 5.32 Å². The van der Waals surface area contributed by atoms with Gasteiger partial charge in [0.15, 0.2) is 0 Å². The molecule has 1 nitrogen and oxygen atoms in total. The van der Waals surface area contributed by atoms with Crippen molar-refractivity contribution in [2.24, 2.45) is 5.41 Å². The number of hydrogen-bond donors (Lipinski definition) is 1. The van der Waals surface area contributed by atoms with Gasteiger partial charge in [-0.1, -0.05) is 6.92 Å². The molecule has 5 heteroatoms. The van der Waals surface area contributed by atoms with E-state index in [-0.39, 0.29) is 11.1 Å². The average molecular weight is 247 g/mol. The molecule has 1 N–H and O–H groups in total. The van der Waals surface area contributed by atoms with Crippen LogP contribution in [0, 0.1) is 11.2 Å². The molecule has 0 heterocycles. The standard InChI is InChI=1S/C12H13F4N/c1-11(4-5-11)7-17-10-3-2-8(6-9(10)13)12(14,15)16/h2-3,6,17H,4-5,7H2,1H3. The van der Waals surface area contributed by atoms with Crippen LogP contribution in [-0.2, 0) is 6.18 Å². The van der Waals surface area contributed by atoms with Crippen molar-refractivity contribution >= 4 is 5.69 Å². The fourth-order valence-corrected chi connectivity index (χ4v) is 1.53. The van der Waals surface area contributed by atoms with Crippen LogP contribution in [0.25, 0.3) is 0 Å². The van der Waals surface area contributed by atoms with Crippen molar-refractivity contribution in [2.75, 3.05) is 11.9 Å². The van der Waals surface area contributed by atoms with Gasteiger partial charge in [-0.25, -0.2) is 4.39 Å². The predicted molar refractivity (Wildman–Crippen MR) is 57.2 cm³/mol. The zero-order chi connectivity index (χ0) is 12.7. The van der Waals surface area contributed by atoms with Crippen LogP contribution in [0.5, 0.6) is 0 Å². The normalized spacial score (nSPS) is 17.9. The Labute approximate surface area is 96.8 Å². The molecule has 1 aliphatic carbocycles. The molecule has 1 aromatic rings. The monoisotopic (exact) mass is 247 g/mol. The third-order valence-electron chi connectivity index (χ3n) is 3.11. The van der Waals surface area contributed by atoms with E-state index in [0.717, 1.165) is 25.0 Å². The van der Waals surface area contributed by atoms with Gasteiger partial charge in [0, 0.05) is 6.54 Å². The molecular weight excluding hydrogens is 234 g/mol. The van der Waals surface area contributed by atoms with E-state index in [0.29, 0.717) is 12.6 Å². The Bertz CT molecular complexity index is 421. The van der Waals surface area contributed by atoms with E-state index >= 15 is 0 Å². The van der Waals surface area contributed by atoms with Gasteiger partial charge in [-0.05, 0) is 36.5 Å². The number of rotatable bonds is 3. The average Bonchev–Trinajstić information content (AvgIpc) is 2.94. The van der Waals surface area contributed by atoms with E-state index in [2.05, 4.69) is 12.2 Å². The Morgan fingerprint density at radius 2 is 1.94 bits per heavy atom. The maximum atomic E-state index is 13.4. The second-order valence-electron chi connectivity index (χ2n) is 4.86. The number of halogens is 4. The second kappa shape index (κ2) is 3.89. The summed E-state index contributed by atoms with van der Waals surface area (Å²) in [6.45, 7) is 2.65. The van der Waals surface area contributed by atoms with Crippen molar-refractivity contribution in [3.05, 3.63) is 29.6 Å². The van der Waals surface area contributed by atoms with E-state index in [4.69, 9.17) is 0 Å². The first-order valence-corrected chi connectivity index (χ1v) is 5.41. The number of anilines is 1. The topological polar surface area (TPSA) is 12.0 Å². The largest absolute Gasteiger partial charge is 0.416 e. The van der Waals surface area contributed by atoms with E-state index in [1.165, 1.54) is 0 Å². The molecule has 0 aliphatic heterocycles. The molecule has 0 bridgehead atoms. The summed E-state index contributed by atoms with van der Waals surface area (Å²) in [5, 5.41) is 2.85. The molecule has 0 aromatic heterocycles. The summed E-state index contributed by atoms with van der Waals surface area (Å²) in [5.74, 6) is -0.857. The lowest BCUT2D eigenvalue weighted by molar-refractivity contribution is -0.137. The Kier molecular flexibility index (Phi) is 2.79. The summed E-state index contributed by atoms with van der Waals surface area (Å²) in [6.07, 6.45) is -2.35. The predicted octanol–water partition coefficient (Wildman–Crippen LogP) is 4.06. The van der Waals surface area contributed by atoms with Crippen LogP contribution in [-0.4, -0.2) is 6.54 Å². The quantitative estimate of drug-likeness (QED) is 0.794. The highest BCUT2D eigenvalue weighted by atomic mass is 19.4. The molecule has 0 radical (unpaired) electrons. The molecule has 17 heavy (non-hydrogen) atoms. The van der Waals surface area contributed by atoms with E-state index in [9.17, 15) is 17.6 Å². The van der Waals surface area contributed by atoms with E-state index < -0.39 is 17.6 Å². The zero-order valence-electron chi connectivity index (χ0n) is 9.37. The number of benzene rings is 1. The molecule has 2 rings (SSSR count). The van der Waals surface area contributed by atoms with E-state index in [1.54, 1.807) is 0 Å². The van der Waals surface area contributed by atoms with Crippen LogP contribution in [0.3, 0.4) is 0 Å². The molecule has 0 amide bonds. The van der Waals surface area contributed by atoms with Crippen molar-refractivity contribution in [2.45, 2.75) is 25.9 Å². The molecule has 0 atom stereocenters. The van der Waals surface area contributed by atoms with Gasteiger partial charge in [0.2, 0.25) is 0 Å². The van der Waals surface area contributed by atoms with Crippen LogP contribution in [0.15, 0.2) is 18.2 Å². The maximum Gasteiger partial charge on any atom is 0.416 e. The lowest BCUT2D eigenvalue weighted by Crippen LogP contribution is -2.13. The van der Waals surface area contributed by atoms with Gasteiger partial charge >= 0.3 is 6.18 Å². The third-order valence-corrected chi connectivity index (χ3v) is 3.11. The van der Waals surface area contributed by atoms with Crippen molar-refractivity contribution in [3.8, 4) is 0 Å². The second-order valence-corrected chi connectivity index (χ2v) is 4.86. The van der Waals surface area contributed by atoms with E-state index in [1.807, 2.05) is 0 Å². The number of hydrogen-bond acceptors (Lipinski definition) is 1. The van der Waals surface area contributed by atoms with Crippen LogP contribution >= 0.6 is 0 Å². The molecule has 1 aromatic carbocycles. The van der Waals surface area contributed by atoms with Crippen LogP contribution in [0.1, 0.15) is 25.3 Å². The summed E-state index contributed by atoms with van der Waals surface area (Å²) in [5.41, 5.74) is -0.654. The summed E-state index contributed by atoms with van der Waals surface area (Å²) >= 11 is 0. The molecule has 1 fully saturated rings. The SMILES string of the molecule is CC1(CNc2ccc(C(F)(F)F)cc2F)CC1. The number of nitrogens with one attached hydrogen (secondary N) is 1. The first kappa shape index (κ1) is 12.2. The Hall–Kier alpha value is -1.26. The van der Waals surface area contributed by atoms with Gasteiger partial charge in [-0.3, -0.25) is 0 Å². The van der Waals surface area contributed by atoms with Crippen molar-refractivity contribution < 1.29 is 17.6 Å².